The minimum Gasteiger partial charge on any atom is -0.459 e. The zero-order valence-electron chi connectivity index (χ0n) is 11.7. The van der Waals surface area contributed by atoms with Gasteiger partial charge in [-0.25, -0.2) is 9.97 Å². The second kappa shape index (κ2) is 6.51. The molecule has 0 aliphatic carbocycles. The highest BCUT2D eigenvalue weighted by Crippen LogP contribution is 2.31. The molecule has 0 saturated carbocycles. The van der Waals surface area contributed by atoms with E-state index in [0.29, 0.717) is 0 Å². The molecule has 0 aliphatic heterocycles. The number of ether oxygens (including phenoxy) is 1. The highest BCUT2D eigenvalue weighted by molar-refractivity contribution is 8.00. The summed E-state index contributed by atoms with van der Waals surface area (Å²) in [5.41, 5.74) is -0.839. The number of nitrogens with zero attached hydrogens (tertiary/aromatic N) is 3. The Kier molecular flexibility index (Phi) is 5.26. The fourth-order valence-electron chi connectivity index (χ4n) is 1.31. The van der Waals surface area contributed by atoms with Gasteiger partial charge in [0, 0.05) is 7.05 Å². The second-order valence-electron chi connectivity index (χ2n) is 4.76. The average Bonchev–Trinajstić information content (AvgIpc) is 2.33. The molecule has 0 atom stereocenters. The number of hydrogen-bond donors (Lipinski definition) is 1. The van der Waals surface area contributed by atoms with E-state index in [1.807, 2.05) is 0 Å². The molecule has 1 heterocycles. The minimum atomic E-state index is -0.592. The molecule has 0 amide bonds. The fraction of sp³-hybridized carbons (Fsp3) is 0.545. The van der Waals surface area contributed by atoms with Crippen LogP contribution in [0.3, 0.4) is 0 Å². The third-order valence-corrected chi connectivity index (χ3v) is 2.91. The predicted octanol–water partition coefficient (Wildman–Crippen LogP) is 1.86. The molecule has 1 N–H and O–H groups in total. The molecule has 1 aromatic heterocycles. The number of carbonyl (C=O) groups excluding carboxylic acids is 1. The number of thioether (sulfide) groups is 1. The summed E-state index contributed by atoms with van der Waals surface area (Å²) in [7, 11) is 1.53. The van der Waals surface area contributed by atoms with Crippen molar-refractivity contribution in [3.05, 3.63) is 16.4 Å². The highest BCUT2D eigenvalue weighted by atomic mass is 32.2. The standard InChI is InChI=1S/C11H16N4O4S/c1-11(2,3)19-7(16)5-20-10-8(15(17)18)9(12-4)13-6-14-10/h6H,5H2,1-4H3,(H,12,13,14). The number of rotatable bonds is 5. The molecular formula is C11H16N4O4S. The van der Waals surface area contributed by atoms with Crippen molar-refractivity contribution in [2.75, 3.05) is 18.1 Å². The van der Waals surface area contributed by atoms with Crippen LogP contribution in [-0.2, 0) is 9.53 Å². The first-order valence-electron chi connectivity index (χ1n) is 5.76. The van der Waals surface area contributed by atoms with Crippen LogP contribution >= 0.6 is 11.8 Å². The van der Waals surface area contributed by atoms with Gasteiger partial charge in [-0.15, -0.1) is 0 Å². The number of carbonyl (C=O) groups is 1. The van der Waals surface area contributed by atoms with Crippen molar-refractivity contribution in [3.8, 4) is 0 Å². The van der Waals surface area contributed by atoms with E-state index in [1.54, 1.807) is 20.8 Å². The first-order valence-corrected chi connectivity index (χ1v) is 6.75. The third kappa shape index (κ3) is 4.65. The van der Waals surface area contributed by atoms with Crippen molar-refractivity contribution in [1.82, 2.24) is 9.97 Å². The van der Waals surface area contributed by atoms with Crippen molar-refractivity contribution >= 4 is 29.2 Å². The summed E-state index contributed by atoms with van der Waals surface area (Å²) in [6.07, 6.45) is 1.20. The Bertz CT molecular complexity index is 516. The monoisotopic (exact) mass is 300 g/mol. The van der Waals surface area contributed by atoms with Crippen LogP contribution in [0.15, 0.2) is 11.4 Å². The fourth-order valence-corrected chi connectivity index (χ4v) is 2.06. The van der Waals surface area contributed by atoms with Gasteiger partial charge in [-0.1, -0.05) is 11.8 Å². The lowest BCUT2D eigenvalue weighted by atomic mass is 10.2. The highest BCUT2D eigenvalue weighted by Gasteiger charge is 2.24. The smallest absolute Gasteiger partial charge is 0.343 e. The van der Waals surface area contributed by atoms with Crippen molar-refractivity contribution in [2.45, 2.75) is 31.4 Å². The van der Waals surface area contributed by atoms with Gasteiger partial charge in [0.25, 0.3) is 0 Å². The first kappa shape index (κ1) is 16.2. The molecule has 0 aliphatic rings. The Labute approximate surface area is 120 Å². The molecule has 20 heavy (non-hydrogen) atoms. The van der Waals surface area contributed by atoms with Crippen molar-refractivity contribution < 1.29 is 14.5 Å². The molecule has 0 saturated heterocycles. The molecule has 0 fully saturated rings. The molecule has 0 bridgehead atoms. The van der Waals surface area contributed by atoms with E-state index in [4.69, 9.17) is 4.74 Å². The molecular weight excluding hydrogens is 284 g/mol. The van der Waals surface area contributed by atoms with Gasteiger partial charge in [0.15, 0.2) is 5.03 Å². The van der Waals surface area contributed by atoms with Crippen LogP contribution in [0.4, 0.5) is 11.5 Å². The SMILES string of the molecule is CNc1ncnc(SCC(=O)OC(C)(C)C)c1[N+](=O)[O-]. The van der Waals surface area contributed by atoms with Crippen molar-refractivity contribution in [2.24, 2.45) is 0 Å². The number of nitrogens with one attached hydrogen (secondary N) is 1. The van der Waals surface area contributed by atoms with E-state index in [-0.39, 0.29) is 22.3 Å². The summed E-state index contributed by atoms with van der Waals surface area (Å²) >= 11 is 0.946. The van der Waals surface area contributed by atoms with Crippen LogP contribution in [0.1, 0.15) is 20.8 Å². The molecule has 0 spiro atoms. The van der Waals surface area contributed by atoms with Gasteiger partial charge in [0.2, 0.25) is 5.82 Å². The summed E-state index contributed by atoms with van der Waals surface area (Å²) in [5.74, 6) is -0.406. The largest absolute Gasteiger partial charge is 0.459 e. The third-order valence-electron chi connectivity index (χ3n) is 1.95. The van der Waals surface area contributed by atoms with Gasteiger partial charge >= 0.3 is 11.7 Å². The van der Waals surface area contributed by atoms with Gasteiger partial charge in [0.1, 0.15) is 11.9 Å². The van der Waals surface area contributed by atoms with Crippen molar-refractivity contribution in [1.29, 1.82) is 0 Å². The lowest BCUT2D eigenvalue weighted by molar-refractivity contribution is -0.387. The van der Waals surface area contributed by atoms with E-state index in [2.05, 4.69) is 15.3 Å². The summed E-state index contributed by atoms with van der Waals surface area (Å²) in [4.78, 5) is 29.7. The molecule has 0 radical (unpaired) electrons. The minimum absolute atomic E-state index is 0.0573. The van der Waals surface area contributed by atoms with Crippen LogP contribution in [-0.4, -0.2) is 39.3 Å². The van der Waals surface area contributed by atoms with Crippen molar-refractivity contribution in [3.63, 3.8) is 0 Å². The van der Waals surface area contributed by atoms with E-state index in [9.17, 15) is 14.9 Å². The van der Waals surface area contributed by atoms with Gasteiger partial charge in [-0.05, 0) is 20.8 Å². The average molecular weight is 300 g/mol. The van der Waals surface area contributed by atoms with E-state index in [1.165, 1.54) is 13.4 Å². The molecule has 0 unspecified atom stereocenters. The van der Waals surface area contributed by atoms with Crippen LogP contribution in [0.5, 0.6) is 0 Å². The van der Waals surface area contributed by atoms with E-state index in [0.717, 1.165) is 11.8 Å². The molecule has 9 heteroatoms. The summed E-state index contributed by atoms with van der Waals surface area (Å²) in [6, 6.07) is 0. The lowest BCUT2D eigenvalue weighted by Crippen LogP contribution is -2.25. The predicted molar refractivity (Wildman–Crippen MR) is 74.8 cm³/mol. The number of esters is 1. The normalized spacial score (nSPS) is 11.0. The maximum atomic E-state index is 11.6. The number of anilines is 1. The molecule has 1 rings (SSSR count). The number of aromatic nitrogens is 2. The zero-order chi connectivity index (χ0) is 15.3. The van der Waals surface area contributed by atoms with E-state index >= 15 is 0 Å². The van der Waals surface area contributed by atoms with Gasteiger partial charge in [0.05, 0.1) is 10.7 Å². The van der Waals surface area contributed by atoms with Gasteiger partial charge < -0.3 is 10.1 Å². The Morgan fingerprint density at radius 1 is 1.50 bits per heavy atom. The number of hydrogen-bond acceptors (Lipinski definition) is 8. The first-order chi connectivity index (χ1) is 9.24. The molecule has 0 aromatic carbocycles. The zero-order valence-corrected chi connectivity index (χ0v) is 12.5. The Hall–Kier alpha value is -1.90. The Morgan fingerprint density at radius 3 is 2.65 bits per heavy atom. The van der Waals surface area contributed by atoms with Crippen LogP contribution in [0, 0.1) is 10.1 Å². The Balaban J connectivity index is 2.83. The number of nitro groups is 1. The van der Waals surface area contributed by atoms with Crippen LogP contribution in [0.2, 0.25) is 0 Å². The van der Waals surface area contributed by atoms with Gasteiger partial charge in [-0.3, -0.25) is 14.9 Å². The molecule has 8 nitrogen and oxygen atoms in total. The topological polar surface area (TPSA) is 107 Å². The van der Waals surface area contributed by atoms with E-state index < -0.39 is 16.5 Å². The lowest BCUT2D eigenvalue weighted by Gasteiger charge is -2.19. The summed E-state index contributed by atoms with van der Waals surface area (Å²) in [6.45, 7) is 5.26. The van der Waals surface area contributed by atoms with Gasteiger partial charge in [-0.2, -0.15) is 0 Å². The summed E-state index contributed by atoms with van der Waals surface area (Å²) < 4.78 is 5.13. The molecule has 1 aromatic rings. The maximum Gasteiger partial charge on any atom is 0.343 e. The molecule has 110 valence electrons. The van der Waals surface area contributed by atoms with Crippen LogP contribution in [0.25, 0.3) is 0 Å². The Morgan fingerprint density at radius 2 is 2.15 bits per heavy atom. The maximum absolute atomic E-state index is 11.6. The quantitative estimate of drug-likeness (QED) is 0.289. The summed E-state index contributed by atoms with van der Waals surface area (Å²) in [5, 5.41) is 13.8. The van der Waals surface area contributed by atoms with Crippen LogP contribution < -0.4 is 5.32 Å². The second-order valence-corrected chi connectivity index (χ2v) is 5.72.